The van der Waals surface area contributed by atoms with Gasteiger partial charge in [0.15, 0.2) is 14.0 Å². The van der Waals surface area contributed by atoms with E-state index in [1.165, 1.54) is 12.7 Å². The summed E-state index contributed by atoms with van der Waals surface area (Å²) in [7, 11) is -3.10. The number of carboxylic acids is 1. The number of amides is 2. The van der Waals surface area contributed by atoms with Crippen molar-refractivity contribution in [3.8, 4) is 17.6 Å². The first-order valence-electron chi connectivity index (χ1n) is 15.7. The van der Waals surface area contributed by atoms with Crippen LogP contribution in [0, 0.1) is 17.1 Å². The Hall–Kier alpha value is -3.32. The van der Waals surface area contributed by atoms with Crippen molar-refractivity contribution in [2.75, 3.05) is 30.9 Å². The average molecular weight is 882 g/mol. The fourth-order valence-electron chi connectivity index (χ4n) is 4.61. The zero-order valence-electron chi connectivity index (χ0n) is 27.8. The molecule has 2 aliphatic rings. The number of aliphatic carboxylic acids is 1. The predicted octanol–water partition coefficient (Wildman–Crippen LogP) is 6.81. The fraction of sp³-hybridized carbons (Fsp3) is 0.424. The number of phenolic OH excluding ortho intramolecular Hbond substituents is 1. The molecule has 2 aromatic rings. The number of rotatable bonds is 12. The summed E-state index contributed by atoms with van der Waals surface area (Å²) in [5, 5.41) is 25.9. The van der Waals surface area contributed by atoms with Crippen LogP contribution in [0.25, 0.3) is 0 Å². The Bertz CT molecular complexity index is 1700. The van der Waals surface area contributed by atoms with Crippen LogP contribution < -0.4 is 15.4 Å². The molecule has 13 nitrogen and oxygen atoms in total. The van der Waals surface area contributed by atoms with Gasteiger partial charge < -0.3 is 30.3 Å². The molecular weight excluding hydrogens is 844 g/mol. The molecule has 51 heavy (non-hydrogen) atoms. The number of carbonyl (C=O) groups excluding carboxylic acids is 3. The van der Waals surface area contributed by atoms with Gasteiger partial charge in [-0.1, -0.05) is 31.4 Å². The number of esters is 1. The summed E-state index contributed by atoms with van der Waals surface area (Å²) in [6.45, 7) is 3.11. The lowest BCUT2D eigenvalue weighted by Crippen LogP contribution is -2.32. The van der Waals surface area contributed by atoms with E-state index in [1.807, 2.05) is 13.0 Å². The Labute approximate surface area is 316 Å². The molecule has 1 aliphatic carbocycles. The summed E-state index contributed by atoms with van der Waals surface area (Å²) in [5.41, 5.74) is 6.27. The molecule has 1 heterocycles. The zero-order chi connectivity index (χ0) is 38.5. The molecule has 0 fully saturated rings. The highest BCUT2D eigenvalue weighted by atomic mass is 79.9. The lowest BCUT2D eigenvalue weighted by molar-refractivity contribution is -0.146. The number of benzene rings is 2. The number of nitrogens with two attached hydrogens (primary N) is 1. The molecule has 5 N–H and O–H groups in total. The van der Waals surface area contributed by atoms with Crippen LogP contribution >= 0.6 is 50.8 Å². The van der Waals surface area contributed by atoms with Gasteiger partial charge in [0.1, 0.15) is 23.4 Å². The second-order valence-electron chi connectivity index (χ2n) is 11.5. The predicted molar refractivity (Wildman–Crippen MR) is 194 cm³/mol. The number of nitrogens with zero attached hydrogens (tertiary/aromatic N) is 2. The molecular formula is C33H38Br2ClFN3O10P. The van der Waals surface area contributed by atoms with Gasteiger partial charge in [0.2, 0.25) is 0 Å². The van der Waals surface area contributed by atoms with Crippen molar-refractivity contribution in [1.82, 2.24) is 0 Å². The monoisotopic (exact) mass is 879 g/mol. The van der Waals surface area contributed by atoms with Gasteiger partial charge in [-0.25, -0.2) is 14.1 Å². The minimum absolute atomic E-state index is 0.000883. The van der Waals surface area contributed by atoms with Crippen molar-refractivity contribution in [3.63, 3.8) is 0 Å². The van der Waals surface area contributed by atoms with E-state index in [1.54, 1.807) is 12.1 Å². The average Bonchev–Trinajstić information content (AvgIpc) is 3.33. The van der Waals surface area contributed by atoms with Crippen LogP contribution in [0.3, 0.4) is 0 Å². The van der Waals surface area contributed by atoms with E-state index in [-0.39, 0.29) is 34.8 Å². The maximum absolute atomic E-state index is 14.5. The standard InChI is InChI=1S/C21H23ClFNO5.C7H3Br2NO.C5H12NO4P/c1-2-3-6-9-28-19(25)12-29-18-11-17(16(23)10-15(18)22)24-20(26)13-7-4-5-8-14(13)21(24)27;8-5-1-4(3-10)2-6(9)7(5)11;1-11(9,10)3-2-4(6)5(7)8/h10-11H,2-9,12H2,1H3;1-2,11H;4H,2-3,6H2,1H3,(H,7,8)(H,9,10). The number of nitriles is 1. The molecule has 1 aliphatic heterocycles. The third kappa shape index (κ3) is 13.6. The number of unbranched alkanes of at least 4 members (excludes halogenated alkanes) is 2. The normalized spacial score (nSPS) is 15.3. The first kappa shape index (κ1) is 43.8. The van der Waals surface area contributed by atoms with E-state index < -0.39 is 49.6 Å². The molecule has 2 aromatic carbocycles. The minimum Gasteiger partial charge on any atom is -0.506 e. The van der Waals surface area contributed by atoms with Crippen LogP contribution in [0.1, 0.15) is 63.9 Å². The summed E-state index contributed by atoms with van der Waals surface area (Å²) in [4.78, 5) is 56.8. The topological polar surface area (TPSA) is 218 Å². The summed E-state index contributed by atoms with van der Waals surface area (Å²) in [5.74, 6) is -3.43. The van der Waals surface area contributed by atoms with Crippen molar-refractivity contribution in [2.45, 2.75) is 64.3 Å². The first-order chi connectivity index (χ1) is 23.9. The third-order valence-corrected chi connectivity index (χ3v) is 9.90. The number of ether oxygens (including phenoxy) is 2. The molecule has 0 bridgehead atoms. The van der Waals surface area contributed by atoms with Crippen molar-refractivity contribution in [3.05, 3.63) is 60.8 Å². The van der Waals surface area contributed by atoms with Gasteiger partial charge >= 0.3 is 11.9 Å². The minimum atomic E-state index is -3.10. The molecule has 4 rings (SSSR count). The van der Waals surface area contributed by atoms with Crippen molar-refractivity contribution >= 4 is 80.3 Å². The van der Waals surface area contributed by atoms with Gasteiger partial charge in [0, 0.05) is 30.0 Å². The number of carbonyl (C=O) groups is 4. The first-order valence-corrected chi connectivity index (χ1v) is 19.9. The number of aromatic hydroxyl groups is 1. The van der Waals surface area contributed by atoms with Crippen molar-refractivity contribution in [1.29, 1.82) is 5.26 Å². The molecule has 0 radical (unpaired) electrons. The highest BCUT2D eigenvalue weighted by molar-refractivity contribution is 9.11. The van der Waals surface area contributed by atoms with Crippen LogP contribution in [0.15, 0.2) is 44.4 Å². The van der Waals surface area contributed by atoms with Crippen LogP contribution in [-0.2, 0) is 28.5 Å². The van der Waals surface area contributed by atoms with Gasteiger partial charge in [-0.3, -0.25) is 18.9 Å². The number of halogens is 4. The summed E-state index contributed by atoms with van der Waals surface area (Å²) in [6, 6.07) is 6.19. The molecule has 18 heteroatoms. The summed E-state index contributed by atoms with van der Waals surface area (Å²) in [6.07, 6.45) is 5.40. The van der Waals surface area contributed by atoms with Gasteiger partial charge in [-0.15, -0.1) is 0 Å². The zero-order valence-corrected chi connectivity index (χ0v) is 32.6. The number of phenols is 1. The van der Waals surface area contributed by atoms with Crippen LogP contribution in [0.4, 0.5) is 10.1 Å². The van der Waals surface area contributed by atoms with Crippen LogP contribution in [0.2, 0.25) is 5.02 Å². The van der Waals surface area contributed by atoms with Gasteiger partial charge in [-0.05, 0) is 88.6 Å². The van der Waals surface area contributed by atoms with Gasteiger partial charge in [0.05, 0.1) is 37.9 Å². The van der Waals surface area contributed by atoms with E-state index in [0.29, 0.717) is 45.1 Å². The highest BCUT2D eigenvalue weighted by Gasteiger charge is 2.41. The third-order valence-electron chi connectivity index (χ3n) is 7.31. The second kappa shape index (κ2) is 20.7. The number of hydrogen-bond donors (Lipinski definition) is 4. The molecule has 0 saturated heterocycles. The molecule has 0 spiro atoms. The fourth-order valence-corrected chi connectivity index (χ4v) is 6.76. The van der Waals surface area contributed by atoms with E-state index >= 15 is 0 Å². The van der Waals surface area contributed by atoms with E-state index in [4.69, 9.17) is 42.1 Å². The number of imide groups is 1. The van der Waals surface area contributed by atoms with Gasteiger partial charge in [-0.2, -0.15) is 5.26 Å². The van der Waals surface area contributed by atoms with E-state index in [2.05, 4.69) is 31.9 Å². The smallest absolute Gasteiger partial charge is 0.344 e. The van der Waals surface area contributed by atoms with E-state index in [9.17, 15) is 33.2 Å². The maximum Gasteiger partial charge on any atom is 0.344 e. The van der Waals surface area contributed by atoms with Crippen LogP contribution in [-0.4, -0.2) is 70.9 Å². The molecule has 2 amide bonds. The molecule has 2 unspecified atom stereocenters. The maximum atomic E-state index is 14.5. The highest BCUT2D eigenvalue weighted by Crippen LogP contribution is 2.40. The number of hydrogen-bond acceptors (Lipinski definition) is 10. The number of carboxylic acid groups (broad SMARTS) is 1. The summed E-state index contributed by atoms with van der Waals surface area (Å²) < 4.78 is 36.6. The molecule has 2 atom stereocenters. The lowest BCUT2D eigenvalue weighted by atomic mass is 9.93. The number of anilines is 1. The Balaban J connectivity index is 0.000000335. The Kier molecular flexibility index (Phi) is 17.8. The quantitative estimate of drug-likeness (QED) is 0.0748. The Morgan fingerprint density at radius 1 is 1.12 bits per heavy atom. The Morgan fingerprint density at radius 3 is 2.18 bits per heavy atom. The van der Waals surface area contributed by atoms with Crippen molar-refractivity contribution < 1.29 is 52.7 Å². The lowest BCUT2D eigenvalue weighted by Gasteiger charge is -2.18. The largest absolute Gasteiger partial charge is 0.506 e. The molecule has 278 valence electrons. The Morgan fingerprint density at radius 2 is 1.69 bits per heavy atom. The van der Waals surface area contributed by atoms with E-state index in [0.717, 1.165) is 43.1 Å². The van der Waals surface area contributed by atoms with Gasteiger partial charge in [0.25, 0.3) is 11.8 Å². The SMILES string of the molecule is CCCCCOC(=O)COc1cc(N2C(=O)C3=C(CCCC3)C2=O)c(F)cc1Cl.CP(=O)(O)CCC(N)C(=O)O.N#Cc1cc(Br)c(O)c(Br)c1. The van der Waals surface area contributed by atoms with Crippen molar-refractivity contribution in [2.24, 2.45) is 5.73 Å². The second-order valence-corrected chi connectivity index (χ2v) is 16.1. The molecule has 0 saturated carbocycles. The van der Waals surface area contributed by atoms with Crippen LogP contribution in [0.5, 0.6) is 11.5 Å². The molecule has 0 aromatic heterocycles. The summed E-state index contributed by atoms with van der Waals surface area (Å²) >= 11 is 12.2.